The highest BCUT2D eigenvalue weighted by Gasteiger charge is 2.28. The number of hydrogen-bond donors (Lipinski definition) is 0. The van der Waals surface area contributed by atoms with Crippen molar-refractivity contribution in [3.63, 3.8) is 0 Å². The highest BCUT2D eigenvalue weighted by Crippen LogP contribution is 2.32. The third-order valence-corrected chi connectivity index (χ3v) is 6.82. The Morgan fingerprint density at radius 1 is 1.00 bits per heavy atom. The molecule has 2 aromatic heterocycles. The van der Waals surface area contributed by atoms with E-state index >= 15 is 0 Å². The molecule has 2 aromatic carbocycles. The van der Waals surface area contributed by atoms with Gasteiger partial charge in [-0.1, -0.05) is 36.4 Å². The largest absolute Gasteiger partial charge is 0.366 e. The fourth-order valence-corrected chi connectivity index (χ4v) is 4.92. The van der Waals surface area contributed by atoms with Crippen LogP contribution in [0.1, 0.15) is 34.7 Å². The zero-order chi connectivity index (χ0) is 23.7. The van der Waals surface area contributed by atoms with Crippen LogP contribution in [0.15, 0.2) is 73.1 Å². The number of carbonyl (C=O) groups is 1. The summed E-state index contributed by atoms with van der Waals surface area (Å²) in [5.41, 5.74) is 5.96. The molecular formula is C28H29FN4O. The molecule has 174 valence electrons. The molecule has 0 saturated carbocycles. The van der Waals surface area contributed by atoms with Gasteiger partial charge in [-0.25, -0.2) is 9.37 Å². The third-order valence-electron chi connectivity index (χ3n) is 6.82. The molecule has 1 aliphatic heterocycles. The van der Waals surface area contributed by atoms with E-state index in [1.54, 1.807) is 12.1 Å². The number of benzene rings is 2. The van der Waals surface area contributed by atoms with Crippen molar-refractivity contribution in [2.75, 3.05) is 31.1 Å². The van der Waals surface area contributed by atoms with E-state index in [1.165, 1.54) is 6.07 Å². The van der Waals surface area contributed by atoms with Crippen LogP contribution in [0.3, 0.4) is 0 Å². The smallest absolute Gasteiger partial charge is 0.223 e. The highest BCUT2D eigenvalue weighted by molar-refractivity contribution is 5.78. The predicted molar refractivity (Wildman–Crippen MR) is 133 cm³/mol. The molecule has 0 radical (unpaired) electrons. The first kappa shape index (κ1) is 22.1. The summed E-state index contributed by atoms with van der Waals surface area (Å²) in [7, 11) is 0. The van der Waals surface area contributed by atoms with Crippen LogP contribution in [0.4, 0.5) is 10.1 Å². The van der Waals surface area contributed by atoms with E-state index in [1.807, 2.05) is 40.4 Å². The van der Waals surface area contributed by atoms with Crippen molar-refractivity contribution in [2.45, 2.75) is 26.2 Å². The van der Waals surface area contributed by atoms with Gasteiger partial charge in [-0.05, 0) is 54.8 Å². The van der Waals surface area contributed by atoms with E-state index in [9.17, 15) is 9.18 Å². The second-order valence-electron chi connectivity index (χ2n) is 9.05. The first-order valence-corrected chi connectivity index (χ1v) is 11.8. The number of rotatable bonds is 5. The van der Waals surface area contributed by atoms with Gasteiger partial charge >= 0.3 is 0 Å². The normalized spacial score (nSPS) is 15.0. The van der Waals surface area contributed by atoms with Crippen LogP contribution in [0.5, 0.6) is 0 Å². The molecule has 0 spiro atoms. The van der Waals surface area contributed by atoms with Crippen LogP contribution in [-0.4, -0.2) is 46.4 Å². The number of hydrogen-bond acceptors (Lipinski definition) is 3. The minimum absolute atomic E-state index is 0.101. The number of para-hydroxylation sites is 1. The maximum atomic E-state index is 14.2. The number of piperazine rings is 1. The van der Waals surface area contributed by atoms with Crippen molar-refractivity contribution >= 4 is 17.2 Å². The van der Waals surface area contributed by atoms with Gasteiger partial charge < -0.3 is 14.2 Å². The lowest BCUT2D eigenvalue weighted by Crippen LogP contribution is -2.49. The molecule has 3 heterocycles. The Morgan fingerprint density at radius 2 is 1.74 bits per heavy atom. The van der Waals surface area contributed by atoms with E-state index in [2.05, 4.69) is 47.5 Å². The molecule has 4 aromatic rings. The predicted octanol–water partition coefficient (Wildman–Crippen LogP) is 4.96. The van der Waals surface area contributed by atoms with Crippen LogP contribution in [-0.2, 0) is 4.79 Å². The Hall–Kier alpha value is -3.67. The minimum atomic E-state index is -0.218. The van der Waals surface area contributed by atoms with Gasteiger partial charge in [0.2, 0.25) is 5.91 Å². The second-order valence-corrected chi connectivity index (χ2v) is 9.05. The van der Waals surface area contributed by atoms with Crippen molar-refractivity contribution in [3.05, 3.63) is 101 Å². The van der Waals surface area contributed by atoms with Gasteiger partial charge in [0.1, 0.15) is 11.5 Å². The summed E-state index contributed by atoms with van der Waals surface area (Å²) in [5, 5.41) is 0. The van der Waals surface area contributed by atoms with Crippen molar-refractivity contribution in [1.29, 1.82) is 0 Å². The van der Waals surface area contributed by atoms with Gasteiger partial charge in [0.05, 0.1) is 11.4 Å². The van der Waals surface area contributed by atoms with E-state index in [0.29, 0.717) is 38.3 Å². The van der Waals surface area contributed by atoms with Crippen LogP contribution in [0, 0.1) is 19.7 Å². The van der Waals surface area contributed by atoms with Gasteiger partial charge in [0.25, 0.3) is 0 Å². The number of imidazole rings is 1. The first-order valence-electron chi connectivity index (χ1n) is 11.8. The molecule has 1 unspecified atom stereocenters. The molecule has 1 aliphatic rings. The summed E-state index contributed by atoms with van der Waals surface area (Å²) in [4.78, 5) is 22.0. The van der Waals surface area contributed by atoms with E-state index in [4.69, 9.17) is 0 Å². The van der Waals surface area contributed by atoms with Crippen molar-refractivity contribution in [3.8, 4) is 0 Å². The molecule has 0 aliphatic carbocycles. The second kappa shape index (κ2) is 9.29. The average Bonchev–Trinajstić information content (AvgIpc) is 3.26. The van der Waals surface area contributed by atoms with Gasteiger partial charge in [-0.2, -0.15) is 0 Å². The molecule has 1 fully saturated rings. The lowest BCUT2D eigenvalue weighted by atomic mass is 9.89. The van der Waals surface area contributed by atoms with Crippen LogP contribution in [0.2, 0.25) is 0 Å². The Morgan fingerprint density at radius 3 is 2.50 bits per heavy atom. The monoisotopic (exact) mass is 456 g/mol. The summed E-state index contributed by atoms with van der Waals surface area (Å²) in [5.74, 6) is -0.204. The standard InChI is InChI=1S/C28H29FN4O/c1-20-11-12-33-26(19-30-27(33)17-20)23(22-8-4-3-7-21(22)2)18-28(34)32-15-13-31(14-16-32)25-10-6-5-9-24(25)29/h3-12,17,19,23H,13-16,18H2,1-2H3. The zero-order valence-corrected chi connectivity index (χ0v) is 19.6. The van der Waals surface area contributed by atoms with Crippen LogP contribution in [0.25, 0.3) is 5.65 Å². The number of nitrogens with zero attached hydrogens (tertiary/aromatic N) is 4. The number of pyridine rings is 1. The number of aromatic nitrogens is 2. The Balaban J connectivity index is 1.38. The number of fused-ring (bicyclic) bond motifs is 1. The summed E-state index contributed by atoms with van der Waals surface area (Å²) in [6, 6.07) is 19.2. The molecule has 0 bridgehead atoms. The maximum absolute atomic E-state index is 14.2. The first-order chi connectivity index (χ1) is 16.5. The van der Waals surface area contributed by atoms with Gasteiger partial charge in [0.15, 0.2) is 0 Å². The maximum Gasteiger partial charge on any atom is 0.223 e. The van der Waals surface area contributed by atoms with Crippen LogP contribution < -0.4 is 4.90 Å². The minimum Gasteiger partial charge on any atom is -0.366 e. The highest BCUT2D eigenvalue weighted by atomic mass is 19.1. The average molecular weight is 457 g/mol. The van der Waals surface area contributed by atoms with E-state index in [0.717, 1.165) is 28.0 Å². The van der Waals surface area contributed by atoms with Crippen molar-refractivity contribution in [1.82, 2.24) is 14.3 Å². The summed E-state index contributed by atoms with van der Waals surface area (Å²) >= 11 is 0. The van der Waals surface area contributed by atoms with Crippen molar-refractivity contribution < 1.29 is 9.18 Å². The van der Waals surface area contributed by atoms with E-state index < -0.39 is 0 Å². The fourth-order valence-electron chi connectivity index (χ4n) is 4.92. The zero-order valence-electron chi connectivity index (χ0n) is 19.6. The molecule has 6 heteroatoms. The van der Waals surface area contributed by atoms with Crippen molar-refractivity contribution in [2.24, 2.45) is 0 Å². The van der Waals surface area contributed by atoms with Gasteiger partial charge in [-0.3, -0.25) is 4.79 Å². The summed E-state index contributed by atoms with van der Waals surface area (Å²) < 4.78 is 16.3. The molecule has 5 nitrogen and oxygen atoms in total. The lowest BCUT2D eigenvalue weighted by molar-refractivity contribution is -0.131. The van der Waals surface area contributed by atoms with Crippen LogP contribution >= 0.6 is 0 Å². The quantitative estimate of drug-likeness (QED) is 0.426. The Kier molecular flexibility index (Phi) is 6.05. The Bertz CT molecular complexity index is 1320. The van der Waals surface area contributed by atoms with Gasteiger partial charge in [-0.15, -0.1) is 0 Å². The lowest BCUT2D eigenvalue weighted by Gasteiger charge is -2.37. The Labute approximate surface area is 199 Å². The summed E-state index contributed by atoms with van der Waals surface area (Å²) in [6.45, 7) is 6.55. The molecule has 1 amide bonds. The SMILES string of the molecule is Cc1ccn2c(C(CC(=O)N3CCN(c4ccccc4F)CC3)c3ccccc3C)cnc2c1. The summed E-state index contributed by atoms with van der Waals surface area (Å²) in [6.07, 6.45) is 4.30. The molecule has 34 heavy (non-hydrogen) atoms. The number of anilines is 1. The fraction of sp³-hybridized carbons (Fsp3) is 0.286. The molecule has 0 N–H and O–H groups in total. The number of aryl methyl sites for hydroxylation is 2. The molecule has 1 atom stereocenters. The van der Waals surface area contributed by atoms with Gasteiger partial charge in [0, 0.05) is 50.9 Å². The molecular weight excluding hydrogens is 427 g/mol. The molecule has 1 saturated heterocycles. The topological polar surface area (TPSA) is 40.9 Å². The van der Waals surface area contributed by atoms with E-state index in [-0.39, 0.29) is 17.6 Å². The number of carbonyl (C=O) groups excluding carboxylic acids is 1. The number of amides is 1. The number of halogens is 1. The third kappa shape index (κ3) is 4.28. The molecule has 5 rings (SSSR count).